The van der Waals surface area contributed by atoms with Crippen LogP contribution in [0, 0.1) is 0 Å². The lowest BCUT2D eigenvalue weighted by atomic mass is 10.1. The summed E-state index contributed by atoms with van der Waals surface area (Å²) >= 11 is 0. The van der Waals surface area contributed by atoms with Gasteiger partial charge in [0, 0.05) is 6.04 Å². The van der Waals surface area contributed by atoms with E-state index in [1.807, 2.05) is 44.2 Å². The molecular weight excluding hydrogens is 188 g/mol. The second-order valence-corrected chi connectivity index (χ2v) is 3.51. The van der Waals surface area contributed by atoms with Gasteiger partial charge in [0.15, 0.2) is 0 Å². The smallest absolute Gasteiger partial charge is 0.132 e. The zero-order valence-corrected chi connectivity index (χ0v) is 9.31. The minimum atomic E-state index is 0.0670. The lowest BCUT2D eigenvalue weighted by molar-refractivity contribution is 0.129. The van der Waals surface area contributed by atoms with Gasteiger partial charge in [-0.3, -0.25) is 0 Å². The fourth-order valence-electron chi connectivity index (χ4n) is 1.08. The molecule has 1 unspecified atom stereocenters. The first-order chi connectivity index (χ1) is 7.24. The first-order valence-corrected chi connectivity index (χ1v) is 5.21. The van der Waals surface area contributed by atoms with Crippen LogP contribution < -0.4 is 5.73 Å². The molecule has 15 heavy (non-hydrogen) atoms. The molecule has 0 amide bonds. The Balaban J connectivity index is 2.47. The minimum Gasteiger partial charge on any atom is -0.394 e. The van der Waals surface area contributed by atoms with Gasteiger partial charge in [-0.1, -0.05) is 42.4 Å². The first-order valence-electron chi connectivity index (χ1n) is 5.21. The summed E-state index contributed by atoms with van der Waals surface area (Å²) in [7, 11) is 0. The third-order valence-corrected chi connectivity index (χ3v) is 2.21. The molecule has 3 heteroatoms. The molecule has 0 aliphatic rings. The van der Waals surface area contributed by atoms with Crippen molar-refractivity contribution in [2.75, 3.05) is 6.61 Å². The Morgan fingerprint density at radius 1 is 1.40 bits per heavy atom. The van der Waals surface area contributed by atoms with E-state index >= 15 is 0 Å². The van der Waals surface area contributed by atoms with Crippen molar-refractivity contribution in [3.05, 3.63) is 35.9 Å². The number of nitrogens with two attached hydrogens (primary N) is 1. The van der Waals surface area contributed by atoms with Crippen LogP contribution in [0.25, 0.3) is 0 Å². The van der Waals surface area contributed by atoms with Crippen molar-refractivity contribution in [3.63, 3.8) is 0 Å². The Kier molecular flexibility index (Phi) is 4.84. The number of benzene rings is 1. The normalized spacial score (nSPS) is 13.7. The van der Waals surface area contributed by atoms with Gasteiger partial charge in [-0.05, 0) is 18.9 Å². The van der Waals surface area contributed by atoms with Crippen LogP contribution in [0.15, 0.2) is 35.5 Å². The predicted octanol–water partition coefficient (Wildman–Crippen LogP) is 2.16. The van der Waals surface area contributed by atoms with E-state index in [4.69, 9.17) is 10.6 Å². The van der Waals surface area contributed by atoms with Gasteiger partial charge in [-0.2, -0.15) is 0 Å². The van der Waals surface area contributed by atoms with Crippen molar-refractivity contribution >= 4 is 5.71 Å². The van der Waals surface area contributed by atoms with E-state index in [1.54, 1.807) is 0 Å². The highest BCUT2D eigenvalue weighted by molar-refractivity contribution is 5.98. The zero-order chi connectivity index (χ0) is 11.1. The second-order valence-electron chi connectivity index (χ2n) is 3.51. The zero-order valence-electron chi connectivity index (χ0n) is 9.31. The largest absolute Gasteiger partial charge is 0.394 e. The second kappa shape index (κ2) is 6.19. The highest BCUT2D eigenvalue weighted by atomic mass is 16.6. The molecule has 1 aromatic carbocycles. The monoisotopic (exact) mass is 206 g/mol. The minimum absolute atomic E-state index is 0.0670. The van der Waals surface area contributed by atoms with Gasteiger partial charge in [0.25, 0.3) is 0 Å². The van der Waals surface area contributed by atoms with Gasteiger partial charge in [0.05, 0.1) is 5.71 Å². The summed E-state index contributed by atoms with van der Waals surface area (Å²) < 4.78 is 0. The van der Waals surface area contributed by atoms with Crippen molar-refractivity contribution in [2.45, 2.75) is 26.3 Å². The first kappa shape index (κ1) is 11.7. The molecule has 1 aromatic rings. The van der Waals surface area contributed by atoms with Crippen molar-refractivity contribution in [1.82, 2.24) is 0 Å². The lowest BCUT2D eigenvalue weighted by Crippen LogP contribution is -2.24. The molecule has 0 aliphatic carbocycles. The van der Waals surface area contributed by atoms with Gasteiger partial charge in [-0.25, -0.2) is 0 Å². The maximum Gasteiger partial charge on any atom is 0.132 e. The van der Waals surface area contributed by atoms with Crippen molar-refractivity contribution in [2.24, 2.45) is 10.9 Å². The molecule has 3 nitrogen and oxygen atoms in total. The van der Waals surface area contributed by atoms with Crippen LogP contribution in [0.1, 0.15) is 25.8 Å². The molecule has 2 N–H and O–H groups in total. The Bertz CT molecular complexity index is 309. The van der Waals surface area contributed by atoms with Crippen LogP contribution >= 0.6 is 0 Å². The Hall–Kier alpha value is -1.35. The van der Waals surface area contributed by atoms with Crippen LogP contribution in [0.2, 0.25) is 0 Å². The van der Waals surface area contributed by atoms with E-state index in [2.05, 4.69) is 5.16 Å². The molecule has 0 aliphatic heterocycles. The van der Waals surface area contributed by atoms with Gasteiger partial charge in [0.2, 0.25) is 0 Å². The van der Waals surface area contributed by atoms with E-state index < -0.39 is 0 Å². The van der Waals surface area contributed by atoms with E-state index in [0.717, 1.165) is 17.7 Å². The topological polar surface area (TPSA) is 47.6 Å². The number of nitrogens with zero attached hydrogens (tertiary/aromatic N) is 1. The quantitative estimate of drug-likeness (QED) is 0.593. The average molecular weight is 206 g/mol. The van der Waals surface area contributed by atoms with Crippen molar-refractivity contribution < 1.29 is 4.84 Å². The summed E-state index contributed by atoms with van der Waals surface area (Å²) in [6, 6.07) is 10.0. The van der Waals surface area contributed by atoms with Crippen LogP contribution in [0.4, 0.5) is 0 Å². The Morgan fingerprint density at radius 3 is 2.67 bits per heavy atom. The van der Waals surface area contributed by atoms with E-state index in [9.17, 15) is 0 Å². The Morgan fingerprint density at radius 2 is 2.07 bits per heavy atom. The van der Waals surface area contributed by atoms with Crippen molar-refractivity contribution in [1.29, 1.82) is 0 Å². The third kappa shape index (κ3) is 4.13. The maximum absolute atomic E-state index is 5.70. The molecule has 0 saturated carbocycles. The summed E-state index contributed by atoms with van der Waals surface area (Å²) in [5.74, 6) is 0. The summed E-state index contributed by atoms with van der Waals surface area (Å²) in [5.41, 5.74) is 7.65. The summed E-state index contributed by atoms with van der Waals surface area (Å²) in [4.78, 5) is 5.17. The van der Waals surface area contributed by atoms with Crippen LogP contribution in [0.3, 0.4) is 0 Å². The van der Waals surface area contributed by atoms with Gasteiger partial charge in [0.1, 0.15) is 6.61 Å². The highest BCUT2D eigenvalue weighted by Gasteiger charge is 1.99. The highest BCUT2D eigenvalue weighted by Crippen LogP contribution is 2.01. The summed E-state index contributed by atoms with van der Waals surface area (Å²) in [5, 5.41) is 4.02. The number of rotatable bonds is 5. The number of oxime groups is 1. The molecular formula is C12H18N2O. The molecule has 0 spiro atoms. The molecule has 82 valence electrons. The molecule has 0 radical (unpaired) electrons. The number of hydrogen-bond donors (Lipinski definition) is 1. The molecule has 0 fully saturated rings. The Labute approximate surface area is 90.9 Å². The van der Waals surface area contributed by atoms with E-state index in [0.29, 0.717) is 6.61 Å². The van der Waals surface area contributed by atoms with Gasteiger partial charge >= 0.3 is 0 Å². The van der Waals surface area contributed by atoms with Gasteiger partial charge < -0.3 is 10.6 Å². The number of hydrogen-bond acceptors (Lipinski definition) is 3. The van der Waals surface area contributed by atoms with Crippen LogP contribution in [0.5, 0.6) is 0 Å². The molecule has 0 aromatic heterocycles. The average Bonchev–Trinajstić information content (AvgIpc) is 2.29. The standard InChI is InChI=1S/C12H18N2O/c1-3-12(13)9-15-14-10(2)11-7-5-4-6-8-11/h4-8,12H,3,9,13H2,1-2H3/b14-10+. The van der Waals surface area contributed by atoms with Crippen LogP contribution in [-0.4, -0.2) is 18.4 Å². The summed E-state index contributed by atoms with van der Waals surface area (Å²) in [6.07, 6.45) is 0.903. The summed E-state index contributed by atoms with van der Waals surface area (Å²) in [6.45, 7) is 4.43. The van der Waals surface area contributed by atoms with E-state index in [-0.39, 0.29) is 6.04 Å². The molecule has 0 heterocycles. The maximum atomic E-state index is 5.70. The van der Waals surface area contributed by atoms with Gasteiger partial charge in [-0.15, -0.1) is 0 Å². The molecule has 1 atom stereocenters. The fourth-order valence-corrected chi connectivity index (χ4v) is 1.08. The molecule has 0 bridgehead atoms. The lowest BCUT2D eigenvalue weighted by Gasteiger charge is -2.07. The predicted molar refractivity (Wildman–Crippen MR) is 62.9 cm³/mol. The molecule has 1 rings (SSSR count). The third-order valence-electron chi connectivity index (χ3n) is 2.21. The van der Waals surface area contributed by atoms with E-state index in [1.165, 1.54) is 0 Å². The van der Waals surface area contributed by atoms with Crippen LogP contribution in [-0.2, 0) is 4.84 Å². The molecule has 0 saturated heterocycles. The fraction of sp³-hybridized carbons (Fsp3) is 0.417. The van der Waals surface area contributed by atoms with Crippen molar-refractivity contribution in [3.8, 4) is 0 Å². The SMILES string of the molecule is CCC(N)CO/N=C(\C)c1ccccc1.